The van der Waals surface area contributed by atoms with E-state index in [1.807, 2.05) is 0 Å². The van der Waals surface area contributed by atoms with Crippen molar-refractivity contribution in [1.82, 2.24) is 4.90 Å². The lowest BCUT2D eigenvalue weighted by molar-refractivity contribution is 0.105. The van der Waals surface area contributed by atoms with Crippen molar-refractivity contribution in [3.63, 3.8) is 0 Å². The standard InChI is InChI=1S/C16H25NO/c1-4-15-6-5-7-17(15)11-16(18)14-9-12(2)8-13(3)10-14/h8-10,15-16,18H,4-7,11H2,1-3H3. The number of rotatable bonds is 4. The maximum Gasteiger partial charge on any atom is 0.0917 e. The fraction of sp³-hybridized carbons (Fsp3) is 0.625. The van der Waals surface area contributed by atoms with E-state index in [9.17, 15) is 5.11 Å². The fourth-order valence-electron chi connectivity index (χ4n) is 3.13. The molecular formula is C16H25NO. The van der Waals surface area contributed by atoms with Gasteiger partial charge < -0.3 is 5.11 Å². The number of likely N-dealkylation sites (tertiary alicyclic amines) is 1. The smallest absolute Gasteiger partial charge is 0.0917 e. The van der Waals surface area contributed by atoms with Gasteiger partial charge in [-0.2, -0.15) is 0 Å². The summed E-state index contributed by atoms with van der Waals surface area (Å²) >= 11 is 0. The fourth-order valence-corrected chi connectivity index (χ4v) is 3.13. The van der Waals surface area contributed by atoms with E-state index in [4.69, 9.17) is 0 Å². The molecule has 2 rings (SSSR count). The summed E-state index contributed by atoms with van der Waals surface area (Å²) in [6, 6.07) is 7.04. The number of nitrogens with zero attached hydrogens (tertiary/aromatic N) is 1. The van der Waals surface area contributed by atoms with E-state index in [1.165, 1.54) is 30.4 Å². The van der Waals surface area contributed by atoms with Gasteiger partial charge in [-0.1, -0.05) is 36.2 Å². The zero-order valence-corrected chi connectivity index (χ0v) is 11.8. The average Bonchev–Trinajstić information content (AvgIpc) is 2.75. The molecule has 1 aliphatic heterocycles. The van der Waals surface area contributed by atoms with E-state index in [1.54, 1.807) is 0 Å². The number of hydrogen-bond acceptors (Lipinski definition) is 2. The summed E-state index contributed by atoms with van der Waals surface area (Å²) in [7, 11) is 0. The summed E-state index contributed by atoms with van der Waals surface area (Å²) in [4.78, 5) is 2.45. The molecule has 1 aliphatic rings. The van der Waals surface area contributed by atoms with E-state index < -0.39 is 0 Å². The molecule has 0 amide bonds. The Kier molecular flexibility index (Phi) is 4.41. The second-order valence-electron chi connectivity index (χ2n) is 5.64. The first kappa shape index (κ1) is 13.6. The highest BCUT2D eigenvalue weighted by atomic mass is 16.3. The third kappa shape index (κ3) is 3.12. The molecule has 1 N–H and O–H groups in total. The van der Waals surface area contributed by atoms with E-state index in [-0.39, 0.29) is 6.10 Å². The number of hydrogen-bond donors (Lipinski definition) is 1. The minimum Gasteiger partial charge on any atom is -0.387 e. The molecule has 1 aromatic carbocycles. The molecule has 0 aliphatic carbocycles. The first-order chi connectivity index (χ1) is 8.60. The Labute approximate surface area is 111 Å². The molecule has 1 aromatic rings. The lowest BCUT2D eigenvalue weighted by Crippen LogP contribution is -2.32. The van der Waals surface area contributed by atoms with Crippen LogP contribution in [0.5, 0.6) is 0 Å². The van der Waals surface area contributed by atoms with Gasteiger partial charge in [0.1, 0.15) is 0 Å². The van der Waals surface area contributed by atoms with Crippen molar-refractivity contribution in [2.45, 2.75) is 52.2 Å². The van der Waals surface area contributed by atoms with Gasteiger partial charge in [0, 0.05) is 12.6 Å². The van der Waals surface area contributed by atoms with E-state index in [2.05, 4.69) is 43.9 Å². The summed E-state index contributed by atoms with van der Waals surface area (Å²) in [5.74, 6) is 0. The molecule has 1 fully saturated rings. The summed E-state index contributed by atoms with van der Waals surface area (Å²) in [6.07, 6.45) is 3.41. The molecule has 0 bridgehead atoms. The Balaban J connectivity index is 2.04. The largest absolute Gasteiger partial charge is 0.387 e. The molecule has 2 unspecified atom stereocenters. The van der Waals surface area contributed by atoms with Crippen LogP contribution in [-0.2, 0) is 0 Å². The molecule has 18 heavy (non-hydrogen) atoms. The second kappa shape index (κ2) is 5.85. The Morgan fingerprint density at radius 3 is 2.56 bits per heavy atom. The van der Waals surface area contributed by atoms with Crippen LogP contribution < -0.4 is 0 Å². The van der Waals surface area contributed by atoms with E-state index in [0.29, 0.717) is 6.04 Å². The topological polar surface area (TPSA) is 23.5 Å². The summed E-state index contributed by atoms with van der Waals surface area (Å²) < 4.78 is 0. The summed E-state index contributed by atoms with van der Waals surface area (Å²) in [5, 5.41) is 10.4. The predicted molar refractivity (Wildman–Crippen MR) is 75.8 cm³/mol. The van der Waals surface area contributed by atoms with Gasteiger partial charge in [-0.25, -0.2) is 0 Å². The summed E-state index contributed by atoms with van der Waals surface area (Å²) in [6.45, 7) is 8.34. The summed E-state index contributed by atoms with van der Waals surface area (Å²) in [5.41, 5.74) is 3.53. The van der Waals surface area contributed by atoms with Crippen LogP contribution in [0.15, 0.2) is 18.2 Å². The van der Waals surface area contributed by atoms with Crippen LogP contribution >= 0.6 is 0 Å². The Hall–Kier alpha value is -0.860. The predicted octanol–water partition coefficient (Wildman–Crippen LogP) is 3.21. The van der Waals surface area contributed by atoms with Crippen molar-refractivity contribution in [2.75, 3.05) is 13.1 Å². The highest BCUT2D eigenvalue weighted by Gasteiger charge is 2.25. The minimum atomic E-state index is -0.351. The maximum absolute atomic E-state index is 10.4. The van der Waals surface area contributed by atoms with E-state index >= 15 is 0 Å². The highest BCUT2D eigenvalue weighted by Crippen LogP contribution is 2.24. The normalized spacial score (nSPS) is 22.3. The molecule has 100 valence electrons. The monoisotopic (exact) mass is 247 g/mol. The molecule has 1 heterocycles. The van der Waals surface area contributed by atoms with Crippen LogP contribution in [0.25, 0.3) is 0 Å². The van der Waals surface area contributed by atoms with Gasteiger partial charge in [-0.3, -0.25) is 4.90 Å². The molecule has 2 heteroatoms. The molecule has 0 radical (unpaired) electrons. The zero-order valence-electron chi connectivity index (χ0n) is 11.8. The third-order valence-corrected chi connectivity index (χ3v) is 4.01. The van der Waals surface area contributed by atoms with Gasteiger partial charge in [0.05, 0.1) is 6.10 Å². The van der Waals surface area contributed by atoms with Crippen LogP contribution in [0.3, 0.4) is 0 Å². The number of aliphatic hydroxyl groups excluding tert-OH is 1. The van der Waals surface area contributed by atoms with Crippen LogP contribution in [0.2, 0.25) is 0 Å². The maximum atomic E-state index is 10.4. The van der Waals surface area contributed by atoms with Gasteiger partial charge in [-0.15, -0.1) is 0 Å². The third-order valence-electron chi connectivity index (χ3n) is 4.01. The molecular weight excluding hydrogens is 222 g/mol. The van der Waals surface area contributed by atoms with Crippen molar-refractivity contribution >= 4 is 0 Å². The van der Waals surface area contributed by atoms with Crippen molar-refractivity contribution < 1.29 is 5.11 Å². The van der Waals surface area contributed by atoms with Crippen LogP contribution in [-0.4, -0.2) is 29.1 Å². The molecule has 2 atom stereocenters. The first-order valence-corrected chi connectivity index (χ1v) is 7.10. The zero-order chi connectivity index (χ0) is 13.1. The number of aryl methyl sites for hydroxylation is 2. The van der Waals surface area contributed by atoms with Crippen LogP contribution in [0.1, 0.15) is 49.0 Å². The number of benzene rings is 1. The van der Waals surface area contributed by atoms with Crippen LogP contribution in [0.4, 0.5) is 0 Å². The van der Waals surface area contributed by atoms with Crippen molar-refractivity contribution in [1.29, 1.82) is 0 Å². The van der Waals surface area contributed by atoms with Crippen molar-refractivity contribution in [3.05, 3.63) is 34.9 Å². The lowest BCUT2D eigenvalue weighted by Gasteiger charge is -2.26. The Bertz CT molecular complexity index is 382. The molecule has 0 saturated carbocycles. The average molecular weight is 247 g/mol. The Morgan fingerprint density at radius 2 is 1.94 bits per heavy atom. The first-order valence-electron chi connectivity index (χ1n) is 7.10. The number of aliphatic hydroxyl groups is 1. The molecule has 0 spiro atoms. The Morgan fingerprint density at radius 1 is 1.28 bits per heavy atom. The molecule has 0 aromatic heterocycles. The van der Waals surface area contributed by atoms with E-state index in [0.717, 1.165) is 18.7 Å². The quantitative estimate of drug-likeness (QED) is 0.883. The van der Waals surface area contributed by atoms with Gasteiger partial charge in [-0.05, 0) is 45.2 Å². The van der Waals surface area contributed by atoms with Gasteiger partial charge in [0.2, 0.25) is 0 Å². The lowest BCUT2D eigenvalue weighted by atomic mass is 10.0. The van der Waals surface area contributed by atoms with Crippen molar-refractivity contribution in [3.8, 4) is 0 Å². The number of β-amino-alcohol motifs (C(OH)–C–C–N with tert-alkyl or cyclic N) is 1. The molecule has 1 saturated heterocycles. The highest BCUT2D eigenvalue weighted by molar-refractivity contribution is 5.30. The van der Waals surface area contributed by atoms with Gasteiger partial charge in [0.15, 0.2) is 0 Å². The second-order valence-corrected chi connectivity index (χ2v) is 5.64. The van der Waals surface area contributed by atoms with Crippen molar-refractivity contribution in [2.24, 2.45) is 0 Å². The minimum absolute atomic E-state index is 0.351. The van der Waals surface area contributed by atoms with Crippen LogP contribution in [0, 0.1) is 13.8 Å². The van der Waals surface area contributed by atoms with Gasteiger partial charge >= 0.3 is 0 Å². The SMILES string of the molecule is CCC1CCCN1CC(O)c1cc(C)cc(C)c1. The molecule has 2 nitrogen and oxygen atoms in total. The van der Waals surface area contributed by atoms with Gasteiger partial charge in [0.25, 0.3) is 0 Å².